The molecule has 0 spiro atoms. The van der Waals surface area contributed by atoms with E-state index in [0.717, 1.165) is 18.4 Å². The summed E-state index contributed by atoms with van der Waals surface area (Å²) in [6.45, 7) is 2.81. The molecule has 0 saturated carbocycles. The monoisotopic (exact) mass is 277 g/mol. The lowest BCUT2D eigenvalue weighted by Crippen LogP contribution is -2.26. The maximum atomic E-state index is 11.3. The molecule has 3 unspecified atom stereocenters. The van der Waals surface area contributed by atoms with Gasteiger partial charge < -0.3 is 19.9 Å². The number of ether oxygens (including phenoxy) is 2. The van der Waals surface area contributed by atoms with Crippen molar-refractivity contribution in [2.75, 3.05) is 18.5 Å². The Balaban J connectivity index is 1.83. The van der Waals surface area contributed by atoms with Crippen LogP contribution in [0.3, 0.4) is 0 Å². The third-order valence-corrected chi connectivity index (χ3v) is 4.05. The molecule has 5 heteroatoms. The topological polar surface area (TPSA) is 67.8 Å². The number of nitrogens with one attached hydrogen (secondary N) is 1. The average Bonchev–Trinajstić information content (AvgIpc) is 2.94. The van der Waals surface area contributed by atoms with Gasteiger partial charge >= 0.3 is 0 Å². The summed E-state index contributed by atoms with van der Waals surface area (Å²) in [4.78, 5) is 11.3. The minimum atomic E-state index is -0.577. The third-order valence-electron chi connectivity index (χ3n) is 4.05. The molecule has 1 aromatic rings. The van der Waals surface area contributed by atoms with Gasteiger partial charge in [-0.3, -0.25) is 4.79 Å². The van der Waals surface area contributed by atoms with E-state index in [1.807, 2.05) is 6.07 Å². The first-order valence-electron chi connectivity index (χ1n) is 7.05. The molecule has 108 valence electrons. The van der Waals surface area contributed by atoms with Crippen LogP contribution in [0.5, 0.6) is 5.75 Å². The van der Waals surface area contributed by atoms with Gasteiger partial charge in [0.25, 0.3) is 5.91 Å². The van der Waals surface area contributed by atoms with Crippen molar-refractivity contribution >= 4 is 11.6 Å². The van der Waals surface area contributed by atoms with E-state index < -0.39 is 6.10 Å². The summed E-state index contributed by atoms with van der Waals surface area (Å²) in [5.41, 5.74) is 1.42. The summed E-state index contributed by atoms with van der Waals surface area (Å²) in [5.74, 6) is 0.591. The van der Waals surface area contributed by atoms with E-state index in [2.05, 4.69) is 12.2 Å². The minimum absolute atomic E-state index is 0.0449. The molecule has 1 amide bonds. The van der Waals surface area contributed by atoms with Gasteiger partial charge in [0, 0.05) is 12.5 Å². The van der Waals surface area contributed by atoms with Gasteiger partial charge in [0.05, 0.1) is 17.9 Å². The van der Waals surface area contributed by atoms with Gasteiger partial charge in [0.15, 0.2) is 6.61 Å². The Labute approximate surface area is 117 Å². The van der Waals surface area contributed by atoms with Gasteiger partial charge in [-0.2, -0.15) is 0 Å². The lowest BCUT2D eigenvalue weighted by atomic mass is 9.88. The maximum absolute atomic E-state index is 11.3. The van der Waals surface area contributed by atoms with Crippen LogP contribution in [-0.4, -0.2) is 30.3 Å². The Morgan fingerprint density at radius 3 is 3.15 bits per heavy atom. The van der Waals surface area contributed by atoms with Gasteiger partial charge in [-0.1, -0.05) is 13.0 Å². The minimum Gasteiger partial charge on any atom is -0.482 e. The van der Waals surface area contributed by atoms with Crippen molar-refractivity contribution in [2.45, 2.75) is 32.0 Å². The van der Waals surface area contributed by atoms with Crippen LogP contribution in [-0.2, 0) is 9.53 Å². The highest BCUT2D eigenvalue weighted by Gasteiger charge is 2.33. The Morgan fingerprint density at radius 1 is 1.50 bits per heavy atom. The fourth-order valence-electron chi connectivity index (χ4n) is 2.98. The Kier molecular flexibility index (Phi) is 3.63. The van der Waals surface area contributed by atoms with Crippen LogP contribution < -0.4 is 10.1 Å². The second kappa shape index (κ2) is 5.42. The standard InChI is InChI=1S/C15H19NO4/c1-2-12-10(5-6-19-12)15(18)9-3-4-13-11(7-9)16-14(17)8-20-13/h3-4,7,10,12,15,18H,2,5-6,8H2,1H3,(H,16,17). The zero-order valence-electron chi connectivity index (χ0n) is 11.5. The van der Waals surface area contributed by atoms with Crippen LogP contribution in [0.2, 0.25) is 0 Å². The second-order valence-corrected chi connectivity index (χ2v) is 5.31. The van der Waals surface area contributed by atoms with Crippen molar-refractivity contribution in [3.05, 3.63) is 23.8 Å². The predicted molar refractivity (Wildman–Crippen MR) is 73.7 cm³/mol. The number of benzene rings is 1. The van der Waals surface area contributed by atoms with Crippen molar-refractivity contribution in [2.24, 2.45) is 5.92 Å². The Bertz CT molecular complexity index is 517. The summed E-state index contributed by atoms with van der Waals surface area (Å²) >= 11 is 0. The van der Waals surface area contributed by atoms with Gasteiger partial charge in [0.2, 0.25) is 0 Å². The predicted octanol–water partition coefficient (Wildman–Crippen LogP) is 1.87. The number of carbonyl (C=O) groups is 1. The molecule has 2 heterocycles. The summed E-state index contributed by atoms with van der Waals surface area (Å²) in [5, 5.41) is 13.3. The number of rotatable bonds is 3. The molecule has 1 fully saturated rings. The van der Waals surface area contributed by atoms with E-state index in [4.69, 9.17) is 9.47 Å². The molecular formula is C15H19NO4. The highest BCUT2D eigenvalue weighted by Crippen LogP contribution is 2.37. The first-order chi connectivity index (χ1) is 9.69. The number of anilines is 1. The molecule has 0 aliphatic carbocycles. The van der Waals surface area contributed by atoms with E-state index in [-0.39, 0.29) is 24.5 Å². The van der Waals surface area contributed by atoms with Gasteiger partial charge in [-0.15, -0.1) is 0 Å². The molecule has 5 nitrogen and oxygen atoms in total. The normalized spacial score (nSPS) is 26.6. The van der Waals surface area contributed by atoms with Gasteiger partial charge in [-0.05, 0) is 30.5 Å². The molecule has 0 radical (unpaired) electrons. The molecule has 3 atom stereocenters. The average molecular weight is 277 g/mol. The molecule has 2 N–H and O–H groups in total. The molecule has 2 aliphatic heterocycles. The maximum Gasteiger partial charge on any atom is 0.262 e. The van der Waals surface area contributed by atoms with Crippen LogP contribution in [0.4, 0.5) is 5.69 Å². The first kappa shape index (κ1) is 13.4. The first-order valence-corrected chi connectivity index (χ1v) is 7.05. The van der Waals surface area contributed by atoms with E-state index in [1.165, 1.54) is 0 Å². The second-order valence-electron chi connectivity index (χ2n) is 5.31. The molecule has 1 saturated heterocycles. The number of aliphatic hydroxyl groups is 1. The lowest BCUT2D eigenvalue weighted by molar-refractivity contribution is -0.118. The third kappa shape index (κ3) is 2.39. The summed E-state index contributed by atoms with van der Waals surface area (Å²) in [6, 6.07) is 5.44. The van der Waals surface area contributed by atoms with Crippen LogP contribution in [0, 0.1) is 5.92 Å². The number of carbonyl (C=O) groups excluding carboxylic acids is 1. The number of aliphatic hydroxyl groups excluding tert-OH is 1. The smallest absolute Gasteiger partial charge is 0.262 e. The van der Waals surface area contributed by atoms with Crippen molar-refractivity contribution < 1.29 is 19.4 Å². The molecule has 0 aromatic heterocycles. The molecule has 3 rings (SSSR count). The van der Waals surface area contributed by atoms with Crippen LogP contribution >= 0.6 is 0 Å². The van der Waals surface area contributed by atoms with Gasteiger partial charge in [-0.25, -0.2) is 0 Å². The molecular weight excluding hydrogens is 258 g/mol. The SMILES string of the molecule is CCC1OCCC1C(O)c1ccc2c(c1)NC(=O)CO2. The van der Waals surface area contributed by atoms with Gasteiger partial charge in [0.1, 0.15) is 5.75 Å². The number of fused-ring (bicyclic) bond motifs is 1. The van der Waals surface area contributed by atoms with E-state index in [1.54, 1.807) is 12.1 Å². The Hall–Kier alpha value is -1.59. The molecule has 2 aliphatic rings. The fourth-order valence-corrected chi connectivity index (χ4v) is 2.98. The summed E-state index contributed by atoms with van der Waals surface area (Å²) < 4.78 is 11.0. The molecule has 1 aromatic carbocycles. The van der Waals surface area contributed by atoms with E-state index in [9.17, 15) is 9.90 Å². The van der Waals surface area contributed by atoms with Crippen molar-refractivity contribution in [1.82, 2.24) is 0 Å². The lowest BCUT2D eigenvalue weighted by Gasteiger charge is -2.25. The van der Waals surface area contributed by atoms with E-state index >= 15 is 0 Å². The number of amides is 1. The van der Waals surface area contributed by atoms with Crippen molar-refractivity contribution in [3.63, 3.8) is 0 Å². The van der Waals surface area contributed by atoms with Crippen LogP contribution in [0.15, 0.2) is 18.2 Å². The molecule has 0 bridgehead atoms. The zero-order chi connectivity index (χ0) is 14.1. The zero-order valence-corrected chi connectivity index (χ0v) is 11.5. The largest absolute Gasteiger partial charge is 0.482 e. The number of hydrogen-bond donors (Lipinski definition) is 2. The number of hydrogen-bond acceptors (Lipinski definition) is 4. The summed E-state index contributed by atoms with van der Waals surface area (Å²) in [6.07, 6.45) is 1.28. The van der Waals surface area contributed by atoms with Crippen molar-refractivity contribution in [3.8, 4) is 5.75 Å². The van der Waals surface area contributed by atoms with Crippen molar-refractivity contribution in [1.29, 1.82) is 0 Å². The quantitative estimate of drug-likeness (QED) is 0.885. The fraction of sp³-hybridized carbons (Fsp3) is 0.533. The highest BCUT2D eigenvalue weighted by atomic mass is 16.5. The van der Waals surface area contributed by atoms with E-state index in [0.29, 0.717) is 18.0 Å². The van der Waals surface area contributed by atoms with Crippen LogP contribution in [0.1, 0.15) is 31.4 Å². The highest BCUT2D eigenvalue weighted by molar-refractivity contribution is 5.95. The molecule has 20 heavy (non-hydrogen) atoms. The Morgan fingerprint density at radius 2 is 2.35 bits per heavy atom. The summed E-state index contributed by atoms with van der Waals surface area (Å²) in [7, 11) is 0. The van der Waals surface area contributed by atoms with Crippen LogP contribution in [0.25, 0.3) is 0 Å².